The number of piperidine rings is 1. The molecule has 5 nitrogen and oxygen atoms in total. The number of nitrogen functional groups attached to an aromatic ring is 1. The molecule has 3 N–H and O–H groups in total. The van der Waals surface area contributed by atoms with Crippen LogP contribution in [-0.2, 0) is 4.74 Å². The Bertz CT molecular complexity index is 484. The van der Waals surface area contributed by atoms with Gasteiger partial charge in [0, 0.05) is 12.6 Å². The topological polar surface area (TPSA) is 67.6 Å². The summed E-state index contributed by atoms with van der Waals surface area (Å²) < 4.78 is 4.82. The van der Waals surface area contributed by atoms with Gasteiger partial charge in [-0.1, -0.05) is 12.5 Å². The van der Waals surface area contributed by atoms with Crippen LogP contribution < -0.4 is 11.1 Å². The second-order valence-corrected chi connectivity index (χ2v) is 5.67. The Kier molecular flexibility index (Phi) is 5.44. The zero-order valence-electron chi connectivity index (χ0n) is 12.9. The van der Waals surface area contributed by atoms with Crippen LogP contribution in [0.2, 0.25) is 0 Å². The average molecular weight is 291 g/mol. The van der Waals surface area contributed by atoms with E-state index < -0.39 is 0 Å². The Hall–Kier alpha value is -1.75. The van der Waals surface area contributed by atoms with Crippen molar-refractivity contribution in [1.82, 2.24) is 4.90 Å². The number of carbonyl (C=O) groups excluding carboxylic acids is 1. The van der Waals surface area contributed by atoms with Crippen molar-refractivity contribution >= 4 is 17.3 Å². The predicted octanol–water partition coefficient (Wildman–Crippen LogP) is 2.34. The number of ether oxygens (including phenoxy) is 1. The Morgan fingerprint density at radius 2 is 2.10 bits per heavy atom. The highest BCUT2D eigenvalue weighted by Gasteiger charge is 2.18. The number of methoxy groups -OCH3 is 1. The molecule has 5 heteroatoms. The van der Waals surface area contributed by atoms with Crippen molar-refractivity contribution in [3.8, 4) is 0 Å². The van der Waals surface area contributed by atoms with Gasteiger partial charge < -0.3 is 20.7 Å². The maximum Gasteiger partial charge on any atom is 0.340 e. The van der Waals surface area contributed by atoms with Crippen LogP contribution in [0.4, 0.5) is 11.4 Å². The SMILES string of the molecule is COC(=O)c1cccc(N)c1NC(C)CN1CCCCC1. The first kappa shape index (κ1) is 15.6. The molecule has 0 radical (unpaired) electrons. The Balaban J connectivity index is 2.05. The van der Waals surface area contributed by atoms with Gasteiger partial charge in [-0.2, -0.15) is 0 Å². The van der Waals surface area contributed by atoms with Gasteiger partial charge in [0.25, 0.3) is 0 Å². The number of anilines is 2. The van der Waals surface area contributed by atoms with Crippen molar-refractivity contribution in [2.45, 2.75) is 32.2 Å². The molecular formula is C16H25N3O2. The van der Waals surface area contributed by atoms with Gasteiger partial charge >= 0.3 is 5.97 Å². The number of hydrogen-bond donors (Lipinski definition) is 2. The molecule has 1 unspecified atom stereocenters. The molecule has 0 aliphatic carbocycles. The lowest BCUT2D eigenvalue weighted by Crippen LogP contribution is -2.38. The molecule has 2 rings (SSSR count). The minimum absolute atomic E-state index is 0.219. The minimum atomic E-state index is -0.366. The highest BCUT2D eigenvalue weighted by molar-refractivity contribution is 5.98. The van der Waals surface area contributed by atoms with E-state index in [1.807, 2.05) is 0 Å². The summed E-state index contributed by atoms with van der Waals surface area (Å²) in [4.78, 5) is 14.3. The highest BCUT2D eigenvalue weighted by Crippen LogP contribution is 2.25. The van der Waals surface area contributed by atoms with Crippen molar-refractivity contribution in [2.24, 2.45) is 0 Å². The van der Waals surface area contributed by atoms with Gasteiger partial charge in [0.2, 0.25) is 0 Å². The van der Waals surface area contributed by atoms with Crippen LogP contribution in [0.3, 0.4) is 0 Å². The smallest absolute Gasteiger partial charge is 0.340 e. The molecule has 116 valence electrons. The number of esters is 1. The summed E-state index contributed by atoms with van der Waals surface area (Å²) in [7, 11) is 1.38. The quantitative estimate of drug-likeness (QED) is 0.644. The fourth-order valence-electron chi connectivity index (χ4n) is 2.83. The molecule has 0 amide bonds. The number of carbonyl (C=O) groups is 1. The summed E-state index contributed by atoms with van der Waals surface area (Å²) in [6, 6.07) is 5.51. The third-order valence-corrected chi connectivity index (χ3v) is 3.87. The molecule has 0 saturated carbocycles. The van der Waals surface area contributed by atoms with Crippen LogP contribution in [0.5, 0.6) is 0 Å². The Morgan fingerprint density at radius 3 is 2.76 bits per heavy atom. The molecule has 0 bridgehead atoms. The molecule has 0 spiro atoms. The van der Waals surface area contributed by atoms with Crippen molar-refractivity contribution in [3.63, 3.8) is 0 Å². The maximum absolute atomic E-state index is 11.8. The molecule has 1 heterocycles. The second-order valence-electron chi connectivity index (χ2n) is 5.67. The van der Waals surface area contributed by atoms with E-state index in [1.165, 1.54) is 26.4 Å². The van der Waals surface area contributed by atoms with Gasteiger partial charge in [-0.05, 0) is 45.0 Å². The summed E-state index contributed by atoms with van der Waals surface area (Å²) in [5.41, 5.74) is 7.75. The van der Waals surface area contributed by atoms with Crippen LogP contribution in [0, 0.1) is 0 Å². The van der Waals surface area contributed by atoms with Crippen LogP contribution in [0.1, 0.15) is 36.5 Å². The van der Waals surface area contributed by atoms with Crippen LogP contribution in [-0.4, -0.2) is 43.7 Å². The maximum atomic E-state index is 11.8. The van der Waals surface area contributed by atoms with E-state index in [9.17, 15) is 4.79 Å². The number of nitrogens with one attached hydrogen (secondary N) is 1. The molecule has 21 heavy (non-hydrogen) atoms. The van der Waals surface area contributed by atoms with Crippen molar-refractivity contribution in [2.75, 3.05) is 37.8 Å². The standard InChI is InChI=1S/C16H25N3O2/c1-12(11-19-9-4-3-5-10-19)18-15-13(16(20)21-2)7-6-8-14(15)17/h6-8,12,18H,3-5,9-11,17H2,1-2H3. The zero-order chi connectivity index (χ0) is 15.2. The van der Waals surface area contributed by atoms with E-state index in [1.54, 1.807) is 18.2 Å². The predicted molar refractivity (Wildman–Crippen MR) is 85.6 cm³/mol. The molecule has 1 fully saturated rings. The molecule has 1 aliphatic rings. The van der Waals surface area contributed by atoms with Crippen LogP contribution in [0.25, 0.3) is 0 Å². The third-order valence-electron chi connectivity index (χ3n) is 3.87. The molecular weight excluding hydrogens is 266 g/mol. The number of nitrogens with two attached hydrogens (primary N) is 1. The van der Waals surface area contributed by atoms with Gasteiger partial charge in [0.15, 0.2) is 0 Å². The zero-order valence-corrected chi connectivity index (χ0v) is 12.9. The molecule has 0 aromatic heterocycles. The largest absolute Gasteiger partial charge is 0.465 e. The number of para-hydroxylation sites is 1. The average Bonchev–Trinajstić information content (AvgIpc) is 2.49. The van der Waals surface area contributed by atoms with Crippen molar-refractivity contribution < 1.29 is 9.53 Å². The van der Waals surface area contributed by atoms with E-state index in [0.29, 0.717) is 16.9 Å². The number of nitrogens with zero attached hydrogens (tertiary/aromatic N) is 1. The summed E-state index contributed by atoms with van der Waals surface area (Å²) in [5.74, 6) is -0.366. The van der Waals surface area contributed by atoms with Crippen molar-refractivity contribution in [3.05, 3.63) is 23.8 Å². The summed E-state index contributed by atoms with van der Waals surface area (Å²) in [6.07, 6.45) is 3.87. The van der Waals surface area contributed by atoms with E-state index in [2.05, 4.69) is 17.1 Å². The van der Waals surface area contributed by atoms with Gasteiger partial charge in [-0.3, -0.25) is 0 Å². The number of hydrogen-bond acceptors (Lipinski definition) is 5. The lowest BCUT2D eigenvalue weighted by Gasteiger charge is -2.30. The lowest BCUT2D eigenvalue weighted by molar-refractivity contribution is 0.0602. The lowest BCUT2D eigenvalue weighted by atomic mass is 10.1. The van der Waals surface area contributed by atoms with E-state index in [4.69, 9.17) is 10.5 Å². The van der Waals surface area contributed by atoms with Gasteiger partial charge in [0.1, 0.15) is 0 Å². The second kappa shape index (κ2) is 7.31. The fraction of sp³-hybridized carbons (Fsp3) is 0.562. The normalized spacial score (nSPS) is 17.2. The van der Waals surface area contributed by atoms with E-state index >= 15 is 0 Å². The first-order chi connectivity index (χ1) is 10.1. The minimum Gasteiger partial charge on any atom is -0.465 e. The summed E-state index contributed by atoms with van der Waals surface area (Å²) in [5, 5.41) is 3.37. The van der Waals surface area contributed by atoms with Gasteiger partial charge in [0.05, 0.1) is 24.0 Å². The van der Waals surface area contributed by atoms with E-state index in [0.717, 1.165) is 19.6 Å². The number of rotatable bonds is 5. The highest BCUT2D eigenvalue weighted by atomic mass is 16.5. The first-order valence-electron chi connectivity index (χ1n) is 7.57. The van der Waals surface area contributed by atoms with Gasteiger partial charge in [-0.25, -0.2) is 4.79 Å². The van der Waals surface area contributed by atoms with Crippen LogP contribution >= 0.6 is 0 Å². The summed E-state index contributed by atoms with van der Waals surface area (Å²) >= 11 is 0. The molecule has 1 saturated heterocycles. The summed E-state index contributed by atoms with van der Waals surface area (Å²) in [6.45, 7) is 5.37. The van der Waals surface area contributed by atoms with Crippen LogP contribution in [0.15, 0.2) is 18.2 Å². The fourth-order valence-corrected chi connectivity index (χ4v) is 2.83. The molecule has 1 aliphatic heterocycles. The van der Waals surface area contributed by atoms with Crippen molar-refractivity contribution in [1.29, 1.82) is 0 Å². The van der Waals surface area contributed by atoms with Gasteiger partial charge in [-0.15, -0.1) is 0 Å². The third kappa shape index (κ3) is 4.11. The first-order valence-corrected chi connectivity index (χ1v) is 7.57. The number of benzene rings is 1. The molecule has 1 atom stereocenters. The Morgan fingerprint density at radius 1 is 1.38 bits per heavy atom. The monoisotopic (exact) mass is 291 g/mol. The Labute approximate surface area is 126 Å². The molecule has 1 aromatic rings. The molecule has 1 aromatic carbocycles. The number of likely N-dealkylation sites (tertiary alicyclic amines) is 1. The van der Waals surface area contributed by atoms with E-state index in [-0.39, 0.29) is 12.0 Å².